The van der Waals surface area contributed by atoms with Gasteiger partial charge in [-0.25, -0.2) is 13.4 Å². The molecule has 0 saturated carbocycles. The Morgan fingerprint density at radius 3 is 2.67 bits per heavy atom. The number of para-hydroxylation sites is 1. The summed E-state index contributed by atoms with van der Waals surface area (Å²) in [6.45, 7) is 2.98. The first-order valence-electron chi connectivity index (χ1n) is 9.99. The largest absolute Gasteiger partial charge is 0.376 e. The third-order valence-corrected chi connectivity index (χ3v) is 7.98. The number of rotatable bonds is 7. The summed E-state index contributed by atoms with van der Waals surface area (Å²) in [5.74, 6) is -0.484. The van der Waals surface area contributed by atoms with Crippen molar-refractivity contribution in [2.45, 2.75) is 37.2 Å². The van der Waals surface area contributed by atoms with Crippen LogP contribution in [0.4, 0.5) is 5.13 Å². The van der Waals surface area contributed by atoms with Crippen molar-refractivity contribution in [2.24, 2.45) is 0 Å². The average molecular weight is 445 g/mol. The van der Waals surface area contributed by atoms with Gasteiger partial charge in [0, 0.05) is 13.0 Å². The van der Waals surface area contributed by atoms with Crippen LogP contribution >= 0.6 is 11.3 Å². The van der Waals surface area contributed by atoms with Crippen LogP contribution in [0.15, 0.2) is 53.4 Å². The number of anilines is 1. The lowest BCUT2D eigenvalue weighted by Gasteiger charge is -2.23. The minimum absolute atomic E-state index is 0.0466. The predicted octanol–water partition coefficient (Wildman–Crippen LogP) is 3.98. The van der Waals surface area contributed by atoms with Crippen molar-refractivity contribution in [1.29, 1.82) is 0 Å². The fourth-order valence-corrected chi connectivity index (χ4v) is 5.70. The summed E-state index contributed by atoms with van der Waals surface area (Å²) in [5.41, 5.74) is 1.82. The van der Waals surface area contributed by atoms with Crippen LogP contribution in [-0.4, -0.2) is 44.3 Å². The Morgan fingerprint density at radius 2 is 1.97 bits per heavy atom. The molecule has 158 valence electrons. The van der Waals surface area contributed by atoms with Crippen LogP contribution in [0.25, 0.3) is 10.2 Å². The van der Waals surface area contributed by atoms with Crippen molar-refractivity contribution in [3.63, 3.8) is 0 Å². The average Bonchev–Trinajstić information content (AvgIpc) is 3.40. The van der Waals surface area contributed by atoms with Crippen LogP contribution in [-0.2, 0) is 19.4 Å². The smallest absolute Gasteiger partial charge is 0.229 e. The summed E-state index contributed by atoms with van der Waals surface area (Å²) >= 11 is 1.44. The predicted molar refractivity (Wildman–Crippen MR) is 119 cm³/mol. The second kappa shape index (κ2) is 8.83. The number of carbonyl (C=O) groups excluding carboxylic acids is 1. The molecule has 0 N–H and O–H groups in total. The number of sulfone groups is 1. The van der Waals surface area contributed by atoms with Crippen LogP contribution in [0.5, 0.6) is 0 Å². The van der Waals surface area contributed by atoms with E-state index in [0.29, 0.717) is 18.3 Å². The van der Waals surface area contributed by atoms with Crippen LogP contribution < -0.4 is 4.90 Å². The minimum Gasteiger partial charge on any atom is -0.376 e. The molecule has 1 atom stereocenters. The highest BCUT2D eigenvalue weighted by Gasteiger charge is 2.27. The van der Waals surface area contributed by atoms with Gasteiger partial charge in [-0.1, -0.05) is 41.2 Å². The van der Waals surface area contributed by atoms with E-state index in [1.54, 1.807) is 29.2 Å². The van der Waals surface area contributed by atoms with Gasteiger partial charge in [-0.05, 0) is 44.0 Å². The molecule has 1 unspecified atom stereocenters. The highest BCUT2D eigenvalue weighted by molar-refractivity contribution is 7.91. The van der Waals surface area contributed by atoms with Gasteiger partial charge >= 0.3 is 0 Å². The molecule has 1 amide bonds. The molecule has 1 aliphatic rings. The SMILES string of the molecule is Cc1ccc(S(=O)(=O)CCC(=O)N(CC2CCCO2)c2nc3ccccc3s2)cc1. The maximum absolute atomic E-state index is 13.1. The van der Waals surface area contributed by atoms with E-state index in [0.717, 1.165) is 28.6 Å². The van der Waals surface area contributed by atoms with Crippen LogP contribution in [0, 0.1) is 6.92 Å². The van der Waals surface area contributed by atoms with Gasteiger partial charge in [0.05, 0.1) is 33.5 Å². The molecule has 1 aliphatic heterocycles. The Bertz CT molecular complexity index is 1100. The number of hydrogen-bond acceptors (Lipinski definition) is 6. The number of carbonyl (C=O) groups is 1. The number of ether oxygens (including phenoxy) is 1. The molecular formula is C22H24N2O4S2. The fourth-order valence-electron chi connectivity index (χ4n) is 3.47. The maximum Gasteiger partial charge on any atom is 0.229 e. The molecule has 1 fully saturated rings. The van der Waals surface area contributed by atoms with Gasteiger partial charge in [0.25, 0.3) is 0 Å². The molecule has 0 bridgehead atoms. The molecule has 2 aromatic carbocycles. The van der Waals surface area contributed by atoms with E-state index < -0.39 is 9.84 Å². The van der Waals surface area contributed by atoms with Gasteiger partial charge in [-0.2, -0.15) is 0 Å². The lowest BCUT2D eigenvalue weighted by molar-refractivity contribution is -0.118. The summed E-state index contributed by atoms with van der Waals surface area (Å²) < 4.78 is 32.1. The number of amides is 1. The summed E-state index contributed by atoms with van der Waals surface area (Å²) in [6.07, 6.45) is 1.71. The molecule has 6 nitrogen and oxygen atoms in total. The molecule has 0 spiro atoms. The van der Waals surface area contributed by atoms with E-state index in [9.17, 15) is 13.2 Å². The van der Waals surface area contributed by atoms with Crippen molar-refractivity contribution in [1.82, 2.24) is 4.98 Å². The number of hydrogen-bond donors (Lipinski definition) is 0. The van der Waals surface area contributed by atoms with E-state index in [1.807, 2.05) is 31.2 Å². The number of fused-ring (bicyclic) bond motifs is 1. The van der Waals surface area contributed by atoms with E-state index >= 15 is 0 Å². The zero-order valence-electron chi connectivity index (χ0n) is 16.8. The van der Waals surface area contributed by atoms with Gasteiger partial charge < -0.3 is 4.74 Å². The van der Waals surface area contributed by atoms with Gasteiger partial charge in [-0.3, -0.25) is 9.69 Å². The molecule has 1 aromatic heterocycles. The zero-order valence-corrected chi connectivity index (χ0v) is 18.4. The quantitative estimate of drug-likeness (QED) is 0.551. The van der Waals surface area contributed by atoms with Crippen LogP contribution in [0.1, 0.15) is 24.8 Å². The van der Waals surface area contributed by atoms with Gasteiger partial charge in [0.1, 0.15) is 0 Å². The highest BCUT2D eigenvalue weighted by atomic mass is 32.2. The summed E-state index contributed by atoms with van der Waals surface area (Å²) in [7, 11) is -3.54. The molecule has 2 heterocycles. The Kier molecular flexibility index (Phi) is 6.17. The van der Waals surface area contributed by atoms with E-state index in [4.69, 9.17) is 4.74 Å². The molecule has 0 radical (unpaired) electrons. The minimum atomic E-state index is -3.54. The van der Waals surface area contributed by atoms with Gasteiger partial charge in [-0.15, -0.1) is 0 Å². The fraction of sp³-hybridized carbons (Fsp3) is 0.364. The molecule has 1 saturated heterocycles. The summed E-state index contributed by atoms with van der Waals surface area (Å²) in [4.78, 5) is 19.6. The van der Waals surface area contributed by atoms with Gasteiger partial charge in [0.15, 0.2) is 15.0 Å². The van der Waals surface area contributed by atoms with Crippen molar-refractivity contribution in [2.75, 3.05) is 23.8 Å². The van der Waals surface area contributed by atoms with Crippen molar-refractivity contribution >= 4 is 42.4 Å². The van der Waals surface area contributed by atoms with E-state index in [-0.39, 0.29) is 29.1 Å². The lowest BCUT2D eigenvalue weighted by Crippen LogP contribution is -2.38. The van der Waals surface area contributed by atoms with Crippen molar-refractivity contribution in [3.05, 3.63) is 54.1 Å². The first-order chi connectivity index (χ1) is 14.4. The summed E-state index contributed by atoms with van der Waals surface area (Å²) in [5, 5.41) is 0.587. The second-order valence-electron chi connectivity index (χ2n) is 7.49. The number of benzene rings is 2. The Hall–Kier alpha value is -2.29. The highest BCUT2D eigenvalue weighted by Crippen LogP contribution is 2.30. The first-order valence-corrected chi connectivity index (χ1v) is 12.5. The topological polar surface area (TPSA) is 76.6 Å². The van der Waals surface area contributed by atoms with Crippen LogP contribution in [0.2, 0.25) is 0 Å². The Labute approximate surface area is 180 Å². The van der Waals surface area contributed by atoms with Gasteiger partial charge in [0.2, 0.25) is 5.91 Å². The number of aromatic nitrogens is 1. The monoisotopic (exact) mass is 444 g/mol. The van der Waals surface area contributed by atoms with Crippen LogP contribution in [0.3, 0.4) is 0 Å². The molecular weight excluding hydrogens is 420 g/mol. The molecule has 0 aliphatic carbocycles. The Balaban J connectivity index is 1.53. The zero-order chi connectivity index (χ0) is 21.1. The number of nitrogens with zero attached hydrogens (tertiary/aromatic N) is 2. The molecule has 8 heteroatoms. The number of thiazole rings is 1. The normalized spacial score (nSPS) is 16.8. The number of aryl methyl sites for hydroxylation is 1. The van der Waals surface area contributed by atoms with Crippen molar-refractivity contribution in [3.8, 4) is 0 Å². The standard InChI is InChI=1S/C22H24N2O4S2/c1-16-8-10-18(11-9-16)30(26,27)14-12-21(25)24(15-17-5-4-13-28-17)22-23-19-6-2-3-7-20(19)29-22/h2-3,6-11,17H,4-5,12-15H2,1H3. The third-order valence-electron chi connectivity index (χ3n) is 5.19. The molecule has 4 rings (SSSR count). The summed E-state index contributed by atoms with van der Waals surface area (Å²) in [6, 6.07) is 14.4. The third kappa shape index (κ3) is 4.71. The first kappa shape index (κ1) is 21.0. The Morgan fingerprint density at radius 1 is 1.20 bits per heavy atom. The second-order valence-corrected chi connectivity index (χ2v) is 10.6. The molecule has 30 heavy (non-hydrogen) atoms. The van der Waals surface area contributed by atoms with E-state index in [1.165, 1.54) is 11.3 Å². The maximum atomic E-state index is 13.1. The van der Waals surface area contributed by atoms with E-state index in [2.05, 4.69) is 4.98 Å². The lowest BCUT2D eigenvalue weighted by atomic mass is 10.2. The van der Waals surface area contributed by atoms with Crippen molar-refractivity contribution < 1.29 is 17.9 Å². The molecule has 3 aromatic rings.